The molecule has 3 aromatic rings. The van der Waals surface area contributed by atoms with E-state index in [0.717, 1.165) is 22.6 Å². The first kappa shape index (κ1) is 10.6. The van der Waals surface area contributed by atoms with E-state index >= 15 is 0 Å². The first-order valence-corrected chi connectivity index (χ1v) is 5.64. The van der Waals surface area contributed by atoms with Gasteiger partial charge < -0.3 is 10.7 Å². The molecule has 0 radical (unpaired) electrons. The number of benzene rings is 1. The van der Waals surface area contributed by atoms with Crippen molar-refractivity contribution in [3.63, 3.8) is 0 Å². The van der Waals surface area contributed by atoms with Crippen molar-refractivity contribution in [3.05, 3.63) is 42.7 Å². The van der Waals surface area contributed by atoms with Crippen LogP contribution in [0.25, 0.3) is 22.6 Å². The van der Waals surface area contributed by atoms with E-state index in [2.05, 4.69) is 15.1 Å². The van der Waals surface area contributed by atoms with Crippen molar-refractivity contribution in [2.45, 2.75) is 0 Å². The van der Waals surface area contributed by atoms with Crippen LogP contribution < -0.4 is 5.73 Å². The number of imidazole rings is 1. The standard InChI is InChI=1S/C13H13N5/c1-18-12(14)10(7-16-18)13-15-8-11(17-13)9-5-3-2-4-6-9/h2-8H,14H2,1H3,(H,15,17). The molecule has 5 nitrogen and oxygen atoms in total. The third kappa shape index (κ3) is 1.66. The average Bonchev–Trinajstić information content (AvgIpc) is 3.00. The minimum atomic E-state index is 0.601. The van der Waals surface area contributed by atoms with E-state index in [9.17, 15) is 0 Å². The summed E-state index contributed by atoms with van der Waals surface area (Å²) in [6.45, 7) is 0. The van der Waals surface area contributed by atoms with Crippen molar-refractivity contribution >= 4 is 5.82 Å². The van der Waals surface area contributed by atoms with Crippen molar-refractivity contribution in [3.8, 4) is 22.6 Å². The second-order valence-corrected chi connectivity index (χ2v) is 4.08. The number of aromatic nitrogens is 4. The van der Waals surface area contributed by atoms with Gasteiger partial charge in [-0.3, -0.25) is 4.68 Å². The Balaban J connectivity index is 2.02. The lowest BCUT2D eigenvalue weighted by atomic mass is 10.2. The zero-order chi connectivity index (χ0) is 12.5. The van der Waals surface area contributed by atoms with Crippen molar-refractivity contribution in [1.82, 2.24) is 19.7 Å². The van der Waals surface area contributed by atoms with Crippen LogP contribution in [0.2, 0.25) is 0 Å². The molecule has 90 valence electrons. The Labute approximate surface area is 104 Å². The average molecular weight is 239 g/mol. The van der Waals surface area contributed by atoms with E-state index in [-0.39, 0.29) is 0 Å². The van der Waals surface area contributed by atoms with Crippen LogP contribution in [0.15, 0.2) is 42.7 Å². The molecule has 0 spiro atoms. The summed E-state index contributed by atoms with van der Waals surface area (Å²) in [7, 11) is 1.81. The zero-order valence-electron chi connectivity index (χ0n) is 9.96. The molecule has 0 aliphatic carbocycles. The van der Waals surface area contributed by atoms with Gasteiger partial charge in [-0.1, -0.05) is 30.3 Å². The van der Waals surface area contributed by atoms with Gasteiger partial charge in [0, 0.05) is 7.05 Å². The Morgan fingerprint density at radius 2 is 1.94 bits per heavy atom. The second-order valence-electron chi connectivity index (χ2n) is 4.08. The molecule has 3 N–H and O–H groups in total. The van der Waals surface area contributed by atoms with E-state index in [1.165, 1.54) is 0 Å². The highest BCUT2D eigenvalue weighted by molar-refractivity contribution is 5.70. The number of aryl methyl sites for hydroxylation is 1. The Kier molecular flexibility index (Phi) is 2.37. The SMILES string of the molecule is Cn1ncc(-c2ncc(-c3ccccc3)[nH]2)c1N. The number of rotatable bonds is 2. The summed E-state index contributed by atoms with van der Waals surface area (Å²) >= 11 is 0. The Hall–Kier alpha value is -2.56. The van der Waals surface area contributed by atoms with Gasteiger partial charge in [0.1, 0.15) is 11.6 Å². The van der Waals surface area contributed by atoms with Gasteiger partial charge in [0.05, 0.1) is 23.7 Å². The fourth-order valence-electron chi connectivity index (χ4n) is 1.85. The summed E-state index contributed by atoms with van der Waals surface area (Å²) in [5.41, 5.74) is 8.80. The topological polar surface area (TPSA) is 72.5 Å². The molecular formula is C13H13N5. The minimum Gasteiger partial charge on any atom is -0.383 e. The van der Waals surface area contributed by atoms with Gasteiger partial charge in [0.25, 0.3) is 0 Å². The number of hydrogen-bond acceptors (Lipinski definition) is 3. The van der Waals surface area contributed by atoms with Crippen LogP contribution in [-0.4, -0.2) is 19.7 Å². The normalized spacial score (nSPS) is 10.7. The van der Waals surface area contributed by atoms with Gasteiger partial charge in [0.2, 0.25) is 0 Å². The summed E-state index contributed by atoms with van der Waals surface area (Å²) in [6, 6.07) is 10.0. The number of hydrogen-bond donors (Lipinski definition) is 2. The second kappa shape index (κ2) is 4.03. The molecule has 0 atom stereocenters. The van der Waals surface area contributed by atoms with Crippen molar-refractivity contribution in [1.29, 1.82) is 0 Å². The van der Waals surface area contributed by atoms with Gasteiger partial charge >= 0.3 is 0 Å². The lowest BCUT2D eigenvalue weighted by molar-refractivity contribution is 0.779. The van der Waals surface area contributed by atoms with Crippen LogP contribution in [-0.2, 0) is 7.05 Å². The fraction of sp³-hybridized carbons (Fsp3) is 0.0769. The number of nitrogens with one attached hydrogen (secondary N) is 1. The number of nitrogens with zero attached hydrogens (tertiary/aromatic N) is 3. The van der Waals surface area contributed by atoms with Crippen LogP contribution in [0.5, 0.6) is 0 Å². The largest absolute Gasteiger partial charge is 0.383 e. The van der Waals surface area contributed by atoms with E-state index < -0.39 is 0 Å². The third-order valence-electron chi connectivity index (χ3n) is 2.90. The molecule has 2 aromatic heterocycles. The Morgan fingerprint density at radius 1 is 1.17 bits per heavy atom. The van der Waals surface area contributed by atoms with E-state index in [1.807, 2.05) is 30.3 Å². The number of nitrogens with two attached hydrogens (primary N) is 1. The summed E-state index contributed by atoms with van der Waals surface area (Å²) in [4.78, 5) is 7.60. The Bertz CT molecular complexity index is 666. The van der Waals surface area contributed by atoms with Crippen molar-refractivity contribution < 1.29 is 0 Å². The molecule has 3 rings (SSSR count). The lowest BCUT2D eigenvalue weighted by Gasteiger charge is -1.97. The van der Waals surface area contributed by atoms with E-state index in [4.69, 9.17) is 5.73 Å². The van der Waals surface area contributed by atoms with Gasteiger partial charge in [-0.25, -0.2) is 4.98 Å². The molecule has 2 heterocycles. The highest BCUT2D eigenvalue weighted by Crippen LogP contribution is 2.25. The van der Waals surface area contributed by atoms with E-state index in [1.54, 1.807) is 24.1 Å². The highest BCUT2D eigenvalue weighted by Gasteiger charge is 2.11. The van der Waals surface area contributed by atoms with Crippen LogP contribution >= 0.6 is 0 Å². The van der Waals surface area contributed by atoms with Gasteiger partial charge in [0.15, 0.2) is 0 Å². The maximum Gasteiger partial charge on any atom is 0.143 e. The molecule has 5 heteroatoms. The minimum absolute atomic E-state index is 0.601. The summed E-state index contributed by atoms with van der Waals surface area (Å²) in [5.74, 6) is 1.34. The zero-order valence-corrected chi connectivity index (χ0v) is 9.96. The maximum absolute atomic E-state index is 5.92. The van der Waals surface area contributed by atoms with Gasteiger partial charge in [-0.2, -0.15) is 5.10 Å². The lowest BCUT2D eigenvalue weighted by Crippen LogP contribution is -1.98. The summed E-state index contributed by atoms with van der Waals surface area (Å²) < 4.78 is 1.63. The van der Waals surface area contributed by atoms with Gasteiger partial charge in [-0.05, 0) is 5.56 Å². The number of aromatic amines is 1. The third-order valence-corrected chi connectivity index (χ3v) is 2.90. The smallest absolute Gasteiger partial charge is 0.143 e. The fourth-order valence-corrected chi connectivity index (χ4v) is 1.85. The molecule has 0 saturated heterocycles. The van der Waals surface area contributed by atoms with Crippen LogP contribution in [0.4, 0.5) is 5.82 Å². The molecule has 0 fully saturated rings. The molecule has 0 unspecified atom stereocenters. The van der Waals surface area contributed by atoms with Gasteiger partial charge in [-0.15, -0.1) is 0 Å². The Morgan fingerprint density at radius 3 is 2.61 bits per heavy atom. The maximum atomic E-state index is 5.92. The molecular weight excluding hydrogens is 226 g/mol. The van der Waals surface area contributed by atoms with Crippen LogP contribution in [0.3, 0.4) is 0 Å². The summed E-state index contributed by atoms with van der Waals surface area (Å²) in [6.07, 6.45) is 3.51. The summed E-state index contributed by atoms with van der Waals surface area (Å²) in [5, 5.41) is 4.11. The quantitative estimate of drug-likeness (QED) is 0.719. The molecule has 0 aliphatic heterocycles. The molecule has 1 aromatic carbocycles. The number of H-pyrrole nitrogens is 1. The van der Waals surface area contributed by atoms with E-state index in [0.29, 0.717) is 5.82 Å². The first-order valence-electron chi connectivity index (χ1n) is 5.64. The van der Waals surface area contributed by atoms with Crippen molar-refractivity contribution in [2.75, 3.05) is 5.73 Å². The molecule has 0 saturated carbocycles. The first-order chi connectivity index (χ1) is 8.75. The predicted octanol–water partition coefficient (Wildman–Crippen LogP) is 2.06. The number of nitrogen functional groups attached to an aromatic ring is 1. The molecule has 18 heavy (non-hydrogen) atoms. The number of anilines is 1. The molecule has 0 amide bonds. The predicted molar refractivity (Wildman–Crippen MR) is 70.6 cm³/mol. The monoisotopic (exact) mass is 239 g/mol. The van der Waals surface area contributed by atoms with Crippen LogP contribution in [0.1, 0.15) is 0 Å². The molecule has 0 bridgehead atoms. The van der Waals surface area contributed by atoms with Crippen molar-refractivity contribution in [2.24, 2.45) is 7.05 Å². The highest BCUT2D eigenvalue weighted by atomic mass is 15.3. The molecule has 0 aliphatic rings. The van der Waals surface area contributed by atoms with Crippen LogP contribution in [0, 0.1) is 0 Å².